The average Bonchev–Trinajstić information content (AvgIpc) is 2.37. The number of halogens is 1. The number of rotatable bonds is 3. The van der Waals surface area contributed by atoms with Gasteiger partial charge in [-0.15, -0.1) is 0 Å². The van der Waals surface area contributed by atoms with Crippen LogP contribution in [0.1, 0.15) is 18.9 Å². The Morgan fingerprint density at radius 1 is 1.47 bits per heavy atom. The Morgan fingerprint density at radius 2 is 2.21 bits per heavy atom. The molecule has 0 aliphatic carbocycles. The Morgan fingerprint density at radius 3 is 2.84 bits per heavy atom. The van der Waals surface area contributed by atoms with Gasteiger partial charge in [-0.3, -0.25) is 14.9 Å². The molecule has 1 fully saturated rings. The van der Waals surface area contributed by atoms with Crippen LogP contribution in [0.15, 0.2) is 18.2 Å². The van der Waals surface area contributed by atoms with Crippen LogP contribution in [-0.4, -0.2) is 24.4 Å². The molecular weight excluding hydrogens is 249 g/mol. The number of imide groups is 1. The summed E-state index contributed by atoms with van der Waals surface area (Å²) in [5.41, 5.74) is 6.40. The third-order valence-corrected chi connectivity index (χ3v) is 3.25. The topological polar surface area (TPSA) is 75.4 Å². The summed E-state index contributed by atoms with van der Waals surface area (Å²) in [6.45, 7) is 1.89. The van der Waals surface area contributed by atoms with Gasteiger partial charge in [-0.05, 0) is 18.6 Å². The van der Waals surface area contributed by atoms with Gasteiger partial charge in [0.15, 0.2) is 0 Å². The molecule has 2 amide bonds. The summed E-state index contributed by atoms with van der Waals surface area (Å²) in [6.07, 6.45) is 0.527. The lowest BCUT2D eigenvalue weighted by atomic mass is 10.0. The quantitative estimate of drug-likeness (QED) is 0.782. The van der Waals surface area contributed by atoms with Gasteiger partial charge in [0, 0.05) is 17.8 Å². The van der Waals surface area contributed by atoms with Gasteiger partial charge in [-0.2, -0.15) is 0 Å². The van der Waals surface area contributed by atoms with Gasteiger partial charge in [0.25, 0.3) is 0 Å². The number of piperazine rings is 1. The summed E-state index contributed by atoms with van der Waals surface area (Å²) < 4.78 is 13.7. The summed E-state index contributed by atoms with van der Waals surface area (Å²) in [7, 11) is 0. The van der Waals surface area contributed by atoms with Gasteiger partial charge < -0.3 is 10.6 Å². The molecular formula is C13H16FN3O2. The highest BCUT2D eigenvalue weighted by molar-refractivity contribution is 6.04. The molecule has 0 saturated carbocycles. The minimum atomic E-state index is -0.482. The molecule has 1 saturated heterocycles. The summed E-state index contributed by atoms with van der Waals surface area (Å²) >= 11 is 0. The van der Waals surface area contributed by atoms with Crippen molar-refractivity contribution in [1.82, 2.24) is 5.32 Å². The van der Waals surface area contributed by atoms with Crippen molar-refractivity contribution in [3.05, 3.63) is 29.6 Å². The van der Waals surface area contributed by atoms with Gasteiger partial charge in [0.1, 0.15) is 11.9 Å². The smallest absolute Gasteiger partial charge is 0.249 e. The van der Waals surface area contributed by atoms with Crippen LogP contribution in [-0.2, 0) is 16.1 Å². The maximum atomic E-state index is 13.7. The van der Waals surface area contributed by atoms with Crippen molar-refractivity contribution >= 4 is 17.5 Å². The SMILES string of the molecule is CCC1C(=O)NC(=O)CN1c1cccc(F)c1CN. The molecule has 1 aromatic carbocycles. The van der Waals surface area contributed by atoms with Gasteiger partial charge >= 0.3 is 0 Å². The number of amides is 2. The fourth-order valence-corrected chi connectivity index (χ4v) is 2.34. The zero-order valence-electron chi connectivity index (χ0n) is 10.6. The fourth-order valence-electron chi connectivity index (χ4n) is 2.34. The zero-order valence-corrected chi connectivity index (χ0v) is 10.6. The van der Waals surface area contributed by atoms with Gasteiger partial charge in [-0.25, -0.2) is 4.39 Å². The molecule has 1 unspecified atom stereocenters. The molecule has 19 heavy (non-hydrogen) atoms. The van der Waals surface area contributed by atoms with Crippen LogP contribution in [0.4, 0.5) is 10.1 Å². The highest BCUT2D eigenvalue weighted by Crippen LogP contribution is 2.26. The summed E-state index contributed by atoms with van der Waals surface area (Å²) in [4.78, 5) is 24.9. The van der Waals surface area contributed by atoms with Crippen molar-refractivity contribution < 1.29 is 14.0 Å². The first-order valence-corrected chi connectivity index (χ1v) is 6.16. The second kappa shape index (κ2) is 5.36. The molecule has 0 spiro atoms. The van der Waals surface area contributed by atoms with Crippen LogP contribution in [0.2, 0.25) is 0 Å². The Hall–Kier alpha value is -1.95. The molecule has 6 heteroatoms. The van der Waals surface area contributed by atoms with Crippen molar-refractivity contribution in [1.29, 1.82) is 0 Å². The maximum Gasteiger partial charge on any atom is 0.249 e. The predicted octanol–water partition coefficient (Wildman–Crippen LogP) is 0.526. The third kappa shape index (κ3) is 2.44. The van der Waals surface area contributed by atoms with Crippen molar-refractivity contribution in [3.8, 4) is 0 Å². The normalized spacial score (nSPS) is 19.5. The molecule has 1 aliphatic rings. The molecule has 0 radical (unpaired) electrons. The van der Waals surface area contributed by atoms with E-state index in [0.717, 1.165) is 0 Å². The van der Waals surface area contributed by atoms with E-state index >= 15 is 0 Å². The highest BCUT2D eigenvalue weighted by atomic mass is 19.1. The summed E-state index contributed by atoms with van der Waals surface area (Å²) in [5.74, 6) is -1.17. The number of anilines is 1. The van der Waals surface area contributed by atoms with E-state index < -0.39 is 11.9 Å². The monoisotopic (exact) mass is 265 g/mol. The van der Waals surface area contributed by atoms with Crippen LogP contribution in [0, 0.1) is 5.82 Å². The number of hydrogen-bond acceptors (Lipinski definition) is 4. The zero-order chi connectivity index (χ0) is 14.0. The van der Waals surface area contributed by atoms with Crippen molar-refractivity contribution in [2.45, 2.75) is 25.9 Å². The minimum Gasteiger partial charge on any atom is -0.350 e. The predicted molar refractivity (Wildman–Crippen MR) is 68.9 cm³/mol. The van der Waals surface area contributed by atoms with E-state index in [-0.39, 0.29) is 24.9 Å². The molecule has 5 nitrogen and oxygen atoms in total. The molecule has 1 atom stereocenters. The number of carbonyl (C=O) groups excluding carboxylic acids is 2. The van der Waals surface area contributed by atoms with E-state index in [1.165, 1.54) is 6.07 Å². The molecule has 1 aliphatic heterocycles. The Labute approximate surface area is 110 Å². The summed E-state index contributed by atoms with van der Waals surface area (Å²) in [5, 5.41) is 2.29. The first-order chi connectivity index (χ1) is 9.08. The van der Waals surface area contributed by atoms with E-state index in [4.69, 9.17) is 5.73 Å². The van der Waals surface area contributed by atoms with E-state index in [2.05, 4.69) is 5.32 Å². The largest absolute Gasteiger partial charge is 0.350 e. The van der Waals surface area contributed by atoms with E-state index in [1.54, 1.807) is 17.0 Å². The Kier molecular flexibility index (Phi) is 3.80. The second-order valence-corrected chi connectivity index (χ2v) is 4.41. The highest BCUT2D eigenvalue weighted by Gasteiger charge is 2.33. The molecule has 1 heterocycles. The summed E-state index contributed by atoms with van der Waals surface area (Å²) in [6, 6.07) is 4.07. The number of nitrogens with two attached hydrogens (primary N) is 1. The van der Waals surface area contributed by atoms with Crippen molar-refractivity contribution in [2.24, 2.45) is 5.73 Å². The van der Waals surface area contributed by atoms with Gasteiger partial charge in [0.05, 0.1) is 6.54 Å². The van der Waals surface area contributed by atoms with Crippen LogP contribution in [0.3, 0.4) is 0 Å². The number of nitrogens with one attached hydrogen (secondary N) is 1. The van der Waals surface area contributed by atoms with Crippen LogP contribution >= 0.6 is 0 Å². The molecule has 2 rings (SSSR count). The lowest BCUT2D eigenvalue weighted by Crippen LogP contribution is -2.58. The number of nitrogens with zero attached hydrogens (tertiary/aromatic N) is 1. The van der Waals surface area contributed by atoms with E-state index in [1.807, 2.05) is 6.92 Å². The fraction of sp³-hybridized carbons (Fsp3) is 0.385. The first kappa shape index (κ1) is 13.5. The lowest BCUT2D eigenvalue weighted by Gasteiger charge is -2.36. The molecule has 0 bridgehead atoms. The number of benzene rings is 1. The van der Waals surface area contributed by atoms with Crippen LogP contribution in [0.5, 0.6) is 0 Å². The van der Waals surface area contributed by atoms with Crippen molar-refractivity contribution in [2.75, 3.05) is 11.4 Å². The number of hydrogen-bond donors (Lipinski definition) is 2. The average molecular weight is 265 g/mol. The van der Waals surface area contributed by atoms with Gasteiger partial charge in [0.2, 0.25) is 11.8 Å². The van der Waals surface area contributed by atoms with Crippen molar-refractivity contribution in [3.63, 3.8) is 0 Å². The standard InChI is InChI=1S/C13H16FN3O2/c1-2-10-13(19)16-12(18)7-17(10)11-5-3-4-9(14)8(11)6-15/h3-5,10H,2,6-7,15H2,1H3,(H,16,18,19). The van der Waals surface area contributed by atoms with Crippen LogP contribution in [0.25, 0.3) is 0 Å². The second-order valence-electron chi connectivity index (χ2n) is 4.41. The third-order valence-electron chi connectivity index (χ3n) is 3.25. The Bertz CT molecular complexity index is 519. The lowest BCUT2D eigenvalue weighted by molar-refractivity contribution is -0.132. The number of carbonyl (C=O) groups is 2. The molecule has 1 aromatic rings. The molecule has 102 valence electrons. The molecule has 0 aromatic heterocycles. The maximum absolute atomic E-state index is 13.7. The van der Waals surface area contributed by atoms with Crippen LogP contribution < -0.4 is 16.0 Å². The van der Waals surface area contributed by atoms with E-state index in [9.17, 15) is 14.0 Å². The first-order valence-electron chi connectivity index (χ1n) is 6.16. The Balaban J connectivity index is 2.46. The van der Waals surface area contributed by atoms with E-state index in [0.29, 0.717) is 17.7 Å². The molecule has 3 N–H and O–H groups in total. The minimum absolute atomic E-state index is 0.0186. The van der Waals surface area contributed by atoms with Gasteiger partial charge in [-0.1, -0.05) is 13.0 Å².